The second-order valence-electron chi connectivity index (χ2n) is 6.25. The highest BCUT2D eigenvalue weighted by molar-refractivity contribution is 7.92. The molecule has 0 atom stereocenters. The maximum absolute atomic E-state index is 12.7. The summed E-state index contributed by atoms with van der Waals surface area (Å²) in [4.78, 5) is 14.5. The molecule has 0 spiro atoms. The van der Waals surface area contributed by atoms with Crippen molar-refractivity contribution in [3.63, 3.8) is 0 Å². The number of carbonyl (C=O) groups excluding carboxylic acids is 1. The predicted octanol–water partition coefficient (Wildman–Crippen LogP) is 4.42. The lowest BCUT2D eigenvalue weighted by Gasteiger charge is -2.12. The van der Waals surface area contributed by atoms with Gasteiger partial charge in [-0.3, -0.25) is 4.79 Å². The van der Waals surface area contributed by atoms with Crippen LogP contribution in [0.15, 0.2) is 47.4 Å². The molecule has 1 amide bonds. The van der Waals surface area contributed by atoms with Crippen LogP contribution in [0.25, 0.3) is 6.08 Å². The fourth-order valence-corrected chi connectivity index (χ4v) is 5.71. The molecule has 1 aliphatic rings. The summed E-state index contributed by atoms with van der Waals surface area (Å²) in [6, 6.07) is 10.5. The number of carbonyl (C=O) groups is 1. The third-order valence-corrected chi connectivity index (χ3v) is 7.56. The van der Waals surface area contributed by atoms with E-state index in [4.69, 9.17) is 0 Å². The molecule has 1 saturated carbocycles. The zero-order valence-corrected chi connectivity index (χ0v) is 15.7. The molecule has 1 heterocycles. The minimum absolute atomic E-state index is 0.276. The van der Waals surface area contributed by atoms with Crippen molar-refractivity contribution < 1.29 is 13.2 Å². The van der Waals surface area contributed by atoms with Crippen molar-refractivity contribution in [1.29, 1.82) is 0 Å². The molecule has 0 bridgehead atoms. The van der Waals surface area contributed by atoms with Gasteiger partial charge in [0, 0.05) is 21.5 Å². The van der Waals surface area contributed by atoms with Gasteiger partial charge in [0.05, 0.1) is 10.1 Å². The van der Waals surface area contributed by atoms with Gasteiger partial charge in [0.25, 0.3) is 0 Å². The van der Waals surface area contributed by atoms with Crippen LogP contribution in [0.5, 0.6) is 0 Å². The summed E-state index contributed by atoms with van der Waals surface area (Å²) in [5.41, 5.74) is 0.496. The molecular formula is C19H21NO3S2. The molecule has 132 valence electrons. The fraction of sp³-hybridized carbons (Fsp3) is 0.316. The number of sulfone groups is 1. The molecule has 0 radical (unpaired) electrons. The van der Waals surface area contributed by atoms with Crippen LogP contribution in [0, 0.1) is 6.92 Å². The number of amides is 1. The van der Waals surface area contributed by atoms with Crippen molar-refractivity contribution in [2.75, 3.05) is 5.32 Å². The van der Waals surface area contributed by atoms with E-state index in [2.05, 4.69) is 5.32 Å². The van der Waals surface area contributed by atoms with Crippen molar-refractivity contribution in [2.24, 2.45) is 0 Å². The van der Waals surface area contributed by atoms with Crippen LogP contribution in [0.1, 0.15) is 35.4 Å². The Hall–Kier alpha value is -1.92. The molecule has 4 nitrogen and oxygen atoms in total. The summed E-state index contributed by atoms with van der Waals surface area (Å²) in [6.07, 6.45) is 6.60. The van der Waals surface area contributed by atoms with E-state index in [1.54, 1.807) is 41.7 Å². The lowest BCUT2D eigenvalue weighted by atomic mass is 10.3. The van der Waals surface area contributed by atoms with E-state index >= 15 is 0 Å². The number of benzene rings is 1. The molecule has 6 heteroatoms. The highest BCUT2D eigenvalue weighted by Gasteiger charge is 2.30. The minimum Gasteiger partial charge on any atom is -0.322 e. The van der Waals surface area contributed by atoms with Gasteiger partial charge in [-0.05, 0) is 56.2 Å². The topological polar surface area (TPSA) is 63.2 Å². The number of thiophene rings is 1. The number of anilines is 1. The standard InChI is InChI=1S/C19H21NO3S2/c1-14-9-10-16(24-14)11-12-19(21)20-15-5-4-8-18(13-15)25(22,23)17-6-2-3-7-17/h4-5,8-13,17H,2-3,6-7H2,1H3,(H,20,21)/b12-11+. The highest BCUT2D eigenvalue weighted by Crippen LogP contribution is 2.30. The zero-order chi connectivity index (χ0) is 17.9. The van der Waals surface area contributed by atoms with Gasteiger partial charge in [-0.2, -0.15) is 0 Å². The third kappa shape index (κ3) is 4.38. The van der Waals surface area contributed by atoms with Gasteiger partial charge < -0.3 is 5.32 Å². The molecule has 25 heavy (non-hydrogen) atoms. The van der Waals surface area contributed by atoms with Crippen LogP contribution in [-0.4, -0.2) is 19.6 Å². The first-order valence-electron chi connectivity index (χ1n) is 8.34. The Kier molecular flexibility index (Phi) is 5.39. The van der Waals surface area contributed by atoms with Crippen molar-refractivity contribution in [3.05, 3.63) is 52.2 Å². The molecule has 1 aromatic heterocycles. The average molecular weight is 376 g/mol. The van der Waals surface area contributed by atoms with E-state index < -0.39 is 9.84 Å². The van der Waals surface area contributed by atoms with Crippen molar-refractivity contribution >= 4 is 38.8 Å². The second kappa shape index (κ2) is 7.54. The molecule has 2 aromatic rings. The summed E-state index contributed by atoms with van der Waals surface area (Å²) in [7, 11) is -3.32. The Labute approximate surface area is 152 Å². The molecule has 0 unspecified atom stereocenters. The molecule has 1 aliphatic carbocycles. The highest BCUT2D eigenvalue weighted by atomic mass is 32.2. The van der Waals surface area contributed by atoms with Crippen molar-refractivity contribution in [2.45, 2.75) is 42.8 Å². The van der Waals surface area contributed by atoms with Crippen LogP contribution in [0.3, 0.4) is 0 Å². The lowest BCUT2D eigenvalue weighted by molar-refractivity contribution is -0.111. The Bertz CT molecular complexity index is 891. The van der Waals surface area contributed by atoms with Crippen molar-refractivity contribution in [1.82, 2.24) is 0 Å². The van der Waals surface area contributed by atoms with Crippen LogP contribution in [0.2, 0.25) is 0 Å². The SMILES string of the molecule is Cc1ccc(/C=C/C(=O)Nc2cccc(S(=O)(=O)C3CCCC3)c2)s1. The first-order valence-corrected chi connectivity index (χ1v) is 10.7. The third-order valence-electron chi connectivity index (χ3n) is 4.33. The maximum atomic E-state index is 12.7. The summed E-state index contributed by atoms with van der Waals surface area (Å²) < 4.78 is 25.3. The quantitative estimate of drug-likeness (QED) is 0.787. The van der Waals surface area contributed by atoms with Crippen LogP contribution in [0.4, 0.5) is 5.69 Å². The molecule has 0 saturated heterocycles. The fourth-order valence-electron chi connectivity index (χ4n) is 3.03. The number of nitrogens with one attached hydrogen (secondary N) is 1. The van der Waals surface area contributed by atoms with Gasteiger partial charge in [0.15, 0.2) is 9.84 Å². The summed E-state index contributed by atoms with van der Waals surface area (Å²) in [5, 5.41) is 2.45. The molecule has 3 rings (SSSR count). The first kappa shape index (κ1) is 17.9. The molecular weight excluding hydrogens is 354 g/mol. The summed E-state index contributed by atoms with van der Waals surface area (Å²) in [5.74, 6) is -0.276. The summed E-state index contributed by atoms with van der Waals surface area (Å²) >= 11 is 1.61. The molecule has 1 aromatic carbocycles. The lowest BCUT2D eigenvalue weighted by Crippen LogP contribution is -2.18. The van der Waals surface area contributed by atoms with E-state index in [-0.39, 0.29) is 16.1 Å². The predicted molar refractivity (Wildman–Crippen MR) is 103 cm³/mol. The minimum atomic E-state index is -3.32. The van der Waals surface area contributed by atoms with Crippen LogP contribution in [-0.2, 0) is 14.6 Å². The monoisotopic (exact) mass is 375 g/mol. The second-order valence-corrected chi connectivity index (χ2v) is 9.80. The van der Waals surface area contributed by atoms with Gasteiger partial charge in [-0.1, -0.05) is 18.9 Å². The van der Waals surface area contributed by atoms with Gasteiger partial charge in [-0.15, -0.1) is 11.3 Å². The normalized spacial score (nSPS) is 15.7. The first-order chi connectivity index (χ1) is 11.9. The molecule has 1 N–H and O–H groups in total. The number of rotatable bonds is 5. The van der Waals surface area contributed by atoms with E-state index in [0.717, 1.165) is 30.6 Å². The van der Waals surface area contributed by atoms with Crippen LogP contribution < -0.4 is 5.32 Å². The number of hydrogen-bond donors (Lipinski definition) is 1. The Balaban J connectivity index is 1.71. The van der Waals surface area contributed by atoms with E-state index in [0.29, 0.717) is 5.69 Å². The van der Waals surface area contributed by atoms with Gasteiger partial charge >= 0.3 is 0 Å². The smallest absolute Gasteiger partial charge is 0.248 e. The van der Waals surface area contributed by atoms with Gasteiger partial charge in [0.2, 0.25) is 5.91 Å². The van der Waals surface area contributed by atoms with Crippen LogP contribution >= 0.6 is 11.3 Å². The van der Waals surface area contributed by atoms with Crippen molar-refractivity contribution in [3.8, 4) is 0 Å². The van der Waals surface area contributed by atoms with Gasteiger partial charge in [0.1, 0.15) is 0 Å². The van der Waals surface area contributed by atoms with Gasteiger partial charge in [-0.25, -0.2) is 8.42 Å². The van der Waals surface area contributed by atoms with E-state index in [1.807, 2.05) is 19.1 Å². The van der Waals surface area contributed by atoms with E-state index in [9.17, 15) is 13.2 Å². The maximum Gasteiger partial charge on any atom is 0.248 e. The Morgan fingerprint density at radius 3 is 2.64 bits per heavy atom. The number of aryl methyl sites for hydroxylation is 1. The Morgan fingerprint density at radius 1 is 1.20 bits per heavy atom. The average Bonchev–Trinajstić information content (AvgIpc) is 3.25. The van der Waals surface area contributed by atoms with E-state index in [1.165, 1.54) is 11.0 Å². The number of hydrogen-bond acceptors (Lipinski definition) is 4. The molecule has 1 fully saturated rings. The summed E-state index contributed by atoms with van der Waals surface area (Å²) in [6.45, 7) is 2.01. The molecule has 0 aliphatic heterocycles. The largest absolute Gasteiger partial charge is 0.322 e. The zero-order valence-electron chi connectivity index (χ0n) is 14.1. The Morgan fingerprint density at radius 2 is 1.96 bits per heavy atom.